The van der Waals surface area contributed by atoms with Crippen molar-refractivity contribution in [2.75, 3.05) is 0 Å². The van der Waals surface area contributed by atoms with Crippen LogP contribution in [-0.2, 0) is 17.9 Å². The first kappa shape index (κ1) is 13.5. The molecule has 0 radical (unpaired) electrons. The van der Waals surface area contributed by atoms with E-state index in [-0.39, 0.29) is 12.5 Å². The average molecular weight is 305 g/mol. The number of fused-ring (bicyclic) bond motifs is 2. The molecule has 0 aliphatic carbocycles. The lowest BCUT2D eigenvalue weighted by atomic mass is 10.3. The van der Waals surface area contributed by atoms with E-state index in [0.717, 1.165) is 27.9 Å². The van der Waals surface area contributed by atoms with Gasteiger partial charge in [0.05, 0.1) is 34.9 Å². The SMILES string of the molecule is NC(=O)Cn1c(Cn2cnc3ccccc32)nc2ccccc21. The highest BCUT2D eigenvalue weighted by Crippen LogP contribution is 2.19. The maximum absolute atomic E-state index is 11.4. The van der Waals surface area contributed by atoms with Crippen molar-refractivity contribution in [3.63, 3.8) is 0 Å². The van der Waals surface area contributed by atoms with Crippen LogP contribution in [0.15, 0.2) is 54.9 Å². The maximum atomic E-state index is 11.4. The summed E-state index contributed by atoms with van der Waals surface area (Å²) in [6, 6.07) is 15.7. The maximum Gasteiger partial charge on any atom is 0.237 e. The Labute approximate surface area is 132 Å². The highest BCUT2D eigenvalue weighted by Gasteiger charge is 2.13. The lowest BCUT2D eigenvalue weighted by Gasteiger charge is -2.08. The van der Waals surface area contributed by atoms with Crippen LogP contribution in [0, 0.1) is 0 Å². The number of hydrogen-bond donors (Lipinski definition) is 1. The minimum atomic E-state index is -0.384. The molecule has 0 spiro atoms. The van der Waals surface area contributed by atoms with Gasteiger partial charge in [0.25, 0.3) is 0 Å². The van der Waals surface area contributed by atoms with Crippen LogP contribution in [-0.4, -0.2) is 25.0 Å². The number of aromatic nitrogens is 4. The molecular weight excluding hydrogens is 290 g/mol. The van der Waals surface area contributed by atoms with Gasteiger partial charge >= 0.3 is 0 Å². The van der Waals surface area contributed by atoms with Crippen LogP contribution in [0.5, 0.6) is 0 Å². The Morgan fingerprint density at radius 2 is 1.70 bits per heavy atom. The molecule has 1 amide bonds. The van der Waals surface area contributed by atoms with Gasteiger partial charge in [-0.05, 0) is 24.3 Å². The van der Waals surface area contributed by atoms with E-state index in [0.29, 0.717) is 6.54 Å². The van der Waals surface area contributed by atoms with Gasteiger partial charge in [0.1, 0.15) is 12.4 Å². The van der Waals surface area contributed by atoms with Gasteiger partial charge in [-0.15, -0.1) is 0 Å². The molecule has 4 rings (SSSR count). The zero-order valence-electron chi connectivity index (χ0n) is 12.4. The fourth-order valence-electron chi connectivity index (χ4n) is 2.87. The summed E-state index contributed by atoms with van der Waals surface area (Å²) in [5.41, 5.74) is 9.13. The number of carbonyl (C=O) groups is 1. The van der Waals surface area contributed by atoms with Crippen molar-refractivity contribution in [1.29, 1.82) is 0 Å². The third-order valence-electron chi connectivity index (χ3n) is 3.89. The largest absolute Gasteiger partial charge is 0.368 e. The molecule has 2 N–H and O–H groups in total. The monoisotopic (exact) mass is 305 g/mol. The molecule has 0 saturated carbocycles. The molecule has 2 aromatic heterocycles. The number of imidazole rings is 2. The van der Waals surface area contributed by atoms with Crippen LogP contribution in [0.1, 0.15) is 5.82 Å². The lowest BCUT2D eigenvalue weighted by Crippen LogP contribution is -2.21. The number of amides is 1. The number of rotatable bonds is 4. The number of nitrogens with two attached hydrogens (primary N) is 1. The van der Waals surface area contributed by atoms with E-state index in [4.69, 9.17) is 5.73 Å². The van der Waals surface area contributed by atoms with E-state index >= 15 is 0 Å². The van der Waals surface area contributed by atoms with Crippen LogP contribution in [0.25, 0.3) is 22.1 Å². The fraction of sp³-hybridized carbons (Fsp3) is 0.118. The molecule has 0 saturated heterocycles. The second-order valence-electron chi connectivity index (χ2n) is 5.43. The fourth-order valence-corrected chi connectivity index (χ4v) is 2.87. The minimum Gasteiger partial charge on any atom is -0.368 e. The van der Waals surface area contributed by atoms with Gasteiger partial charge in [-0.1, -0.05) is 24.3 Å². The van der Waals surface area contributed by atoms with Gasteiger partial charge in [0, 0.05) is 0 Å². The van der Waals surface area contributed by atoms with Crippen LogP contribution < -0.4 is 5.73 Å². The van der Waals surface area contributed by atoms with E-state index < -0.39 is 0 Å². The number of benzene rings is 2. The highest BCUT2D eigenvalue weighted by atomic mass is 16.1. The number of para-hydroxylation sites is 4. The Bertz CT molecular complexity index is 1010. The van der Waals surface area contributed by atoms with Crippen molar-refractivity contribution >= 4 is 28.0 Å². The predicted octanol–water partition coefficient (Wildman–Crippen LogP) is 1.92. The summed E-state index contributed by atoms with van der Waals surface area (Å²) in [4.78, 5) is 20.5. The van der Waals surface area contributed by atoms with Crippen LogP contribution in [0.2, 0.25) is 0 Å². The Morgan fingerprint density at radius 1 is 1.00 bits per heavy atom. The molecule has 2 aromatic carbocycles. The smallest absolute Gasteiger partial charge is 0.237 e. The molecule has 0 bridgehead atoms. The molecule has 0 atom stereocenters. The van der Waals surface area contributed by atoms with Gasteiger partial charge in [-0.3, -0.25) is 4.79 Å². The summed E-state index contributed by atoms with van der Waals surface area (Å²) >= 11 is 0. The molecule has 23 heavy (non-hydrogen) atoms. The van der Waals surface area contributed by atoms with Crippen molar-refractivity contribution in [2.24, 2.45) is 5.73 Å². The first-order valence-corrected chi connectivity index (χ1v) is 7.35. The van der Waals surface area contributed by atoms with E-state index in [2.05, 4.69) is 9.97 Å². The van der Waals surface area contributed by atoms with E-state index in [1.165, 1.54) is 0 Å². The quantitative estimate of drug-likeness (QED) is 0.625. The van der Waals surface area contributed by atoms with Crippen molar-refractivity contribution in [3.05, 3.63) is 60.7 Å². The second-order valence-corrected chi connectivity index (χ2v) is 5.43. The topological polar surface area (TPSA) is 78.7 Å². The van der Waals surface area contributed by atoms with Crippen LogP contribution >= 0.6 is 0 Å². The molecule has 0 aliphatic rings. The van der Waals surface area contributed by atoms with Crippen molar-refractivity contribution in [2.45, 2.75) is 13.1 Å². The van der Waals surface area contributed by atoms with E-state index in [1.807, 2.05) is 57.7 Å². The average Bonchev–Trinajstić information content (AvgIpc) is 3.10. The lowest BCUT2D eigenvalue weighted by molar-refractivity contribution is -0.118. The predicted molar refractivity (Wildman–Crippen MR) is 87.8 cm³/mol. The van der Waals surface area contributed by atoms with Crippen LogP contribution in [0.4, 0.5) is 0 Å². The molecule has 6 heteroatoms. The summed E-state index contributed by atoms with van der Waals surface area (Å²) in [5.74, 6) is 0.401. The number of hydrogen-bond acceptors (Lipinski definition) is 3. The number of carbonyl (C=O) groups excluding carboxylic acids is 1. The minimum absolute atomic E-state index is 0.114. The Hall–Kier alpha value is -3.15. The molecule has 0 fully saturated rings. The molecular formula is C17H15N5O. The third kappa shape index (κ3) is 2.34. The van der Waals surface area contributed by atoms with Crippen molar-refractivity contribution in [1.82, 2.24) is 19.1 Å². The molecule has 114 valence electrons. The second kappa shape index (κ2) is 5.24. The van der Waals surface area contributed by atoms with Crippen molar-refractivity contribution < 1.29 is 4.79 Å². The number of nitrogens with zero attached hydrogens (tertiary/aromatic N) is 4. The Morgan fingerprint density at radius 3 is 2.48 bits per heavy atom. The summed E-state index contributed by atoms with van der Waals surface area (Å²) in [6.07, 6.45) is 1.79. The molecule has 6 nitrogen and oxygen atoms in total. The summed E-state index contributed by atoms with van der Waals surface area (Å²) in [5, 5.41) is 0. The standard InChI is InChI=1S/C17H15N5O/c18-16(23)9-22-15-8-4-2-6-13(15)20-17(22)10-21-11-19-12-5-1-3-7-14(12)21/h1-8,11H,9-10H2,(H2,18,23). The highest BCUT2D eigenvalue weighted by molar-refractivity contribution is 5.80. The first-order valence-electron chi connectivity index (χ1n) is 7.35. The first-order chi connectivity index (χ1) is 11.2. The number of primary amides is 1. The Kier molecular flexibility index (Phi) is 3.08. The van der Waals surface area contributed by atoms with Crippen molar-refractivity contribution in [3.8, 4) is 0 Å². The zero-order valence-corrected chi connectivity index (χ0v) is 12.4. The summed E-state index contributed by atoms with van der Waals surface area (Å²) in [7, 11) is 0. The van der Waals surface area contributed by atoms with Gasteiger partial charge < -0.3 is 14.9 Å². The molecule has 0 unspecified atom stereocenters. The summed E-state index contributed by atoms with van der Waals surface area (Å²) in [6.45, 7) is 0.644. The van der Waals surface area contributed by atoms with Gasteiger partial charge in [0.15, 0.2) is 0 Å². The Balaban J connectivity index is 1.83. The molecule has 0 aliphatic heterocycles. The van der Waals surface area contributed by atoms with E-state index in [9.17, 15) is 4.79 Å². The van der Waals surface area contributed by atoms with Gasteiger partial charge in [-0.2, -0.15) is 0 Å². The molecule has 4 aromatic rings. The molecule has 2 heterocycles. The third-order valence-corrected chi connectivity index (χ3v) is 3.89. The normalized spacial score (nSPS) is 11.3. The van der Waals surface area contributed by atoms with Crippen LogP contribution in [0.3, 0.4) is 0 Å². The zero-order chi connectivity index (χ0) is 15.8. The van der Waals surface area contributed by atoms with Gasteiger partial charge in [0.2, 0.25) is 5.91 Å². The van der Waals surface area contributed by atoms with Gasteiger partial charge in [-0.25, -0.2) is 9.97 Å². The van der Waals surface area contributed by atoms with E-state index in [1.54, 1.807) is 6.33 Å². The summed E-state index contributed by atoms with van der Waals surface area (Å²) < 4.78 is 3.89.